The Morgan fingerprint density at radius 1 is 1.09 bits per heavy atom. The number of fused-ring (bicyclic) bond motifs is 2. The van der Waals surface area contributed by atoms with Crippen molar-refractivity contribution in [1.82, 2.24) is 4.98 Å². The van der Waals surface area contributed by atoms with Gasteiger partial charge in [0, 0.05) is 16.7 Å². The van der Waals surface area contributed by atoms with Crippen LogP contribution in [0.5, 0.6) is 0 Å². The molecule has 5 rings (SSSR count). The zero-order valence-electron chi connectivity index (χ0n) is 17.7. The summed E-state index contributed by atoms with van der Waals surface area (Å²) in [5.41, 5.74) is 3.35. The molecule has 0 saturated heterocycles. The van der Waals surface area contributed by atoms with Crippen molar-refractivity contribution in [2.45, 2.75) is 31.1 Å². The second kappa shape index (κ2) is 8.10. The van der Waals surface area contributed by atoms with E-state index in [1.54, 1.807) is 40.9 Å². The van der Waals surface area contributed by atoms with Gasteiger partial charge < -0.3 is 5.32 Å². The topological polar surface area (TPSA) is 76.1 Å². The molecule has 0 bridgehead atoms. The third-order valence-corrected chi connectivity index (χ3v) is 9.16. The fourth-order valence-electron chi connectivity index (χ4n) is 4.19. The van der Waals surface area contributed by atoms with Gasteiger partial charge in [-0.3, -0.25) is 4.79 Å². The van der Waals surface area contributed by atoms with Gasteiger partial charge in [0.15, 0.2) is 9.84 Å². The lowest BCUT2D eigenvalue weighted by Gasteiger charge is -2.18. The highest BCUT2D eigenvalue weighted by atomic mass is 32.2. The lowest BCUT2D eigenvalue weighted by atomic mass is 9.88. The molecule has 2 aromatic heterocycles. The molecule has 8 heteroatoms. The Kier molecular flexibility index (Phi) is 5.39. The average Bonchev–Trinajstić information content (AvgIpc) is 3.33. The van der Waals surface area contributed by atoms with Crippen molar-refractivity contribution < 1.29 is 13.2 Å². The van der Waals surface area contributed by atoms with E-state index in [9.17, 15) is 13.2 Å². The summed E-state index contributed by atoms with van der Waals surface area (Å²) in [7, 11) is -3.53. The van der Waals surface area contributed by atoms with Gasteiger partial charge in [-0.2, -0.15) is 0 Å². The van der Waals surface area contributed by atoms with Crippen molar-refractivity contribution in [2.75, 3.05) is 11.6 Å². The van der Waals surface area contributed by atoms with Gasteiger partial charge in [0.2, 0.25) is 0 Å². The van der Waals surface area contributed by atoms with E-state index in [2.05, 4.69) is 18.3 Å². The first-order valence-electron chi connectivity index (χ1n) is 10.4. The molecule has 1 unspecified atom stereocenters. The number of thiophene rings is 1. The van der Waals surface area contributed by atoms with E-state index in [0.29, 0.717) is 5.92 Å². The average molecular weight is 483 g/mol. The van der Waals surface area contributed by atoms with E-state index in [4.69, 9.17) is 4.98 Å². The Bertz CT molecular complexity index is 1420. The number of aromatic nitrogens is 1. The van der Waals surface area contributed by atoms with E-state index < -0.39 is 15.7 Å². The minimum absolute atomic E-state index is 0.0361. The molecule has 0 fully saturated rings. The second-order valence-electron chi connectivity index (χ2n) is 8.27. The number of hydrogen-bond donors (Lipinski definition) is 1. The Hall–Kier alpha value is -2.55. The lowest BCUT2D eigenvalue weighted by molar-refractivity contribution is 0.102. The first-order valence-corrected chi connectivity index (χ1v) is 13.9. The van der Waals surface area contributed by atoms with Crippen molar-refractivity contribution in [3.63, 3.8) is 0 Å². The fourth-order valence-corrected chi connectivity index (χ4v) is 7.59. The largest absolute Gasteiger partial charge is 0.313 e. The number of carbonyl (C=O) groups is 1. The van der Waals surface area contributed by atoms with Crippen LogP contribution in [0, 0.1) is 5.92 Å². The van der Waals surface area contributed by atoms with E-state index in [-0.39, 0.29) is 10.5 Å². The summed E-state index contributed by atoms with van der Waals surface area (Å²) >= 11 is 3.21. The lowest BCUT2D eigenvalue weighted by Crippen LogP contribution is -2.16. The van der Waals surface area contributed by atoms with Gasteiger partial charge in [-0.1, -0.05) is 31.2 Å². The third kappa shape index (κ3) is 3.87. The highest BCUT2D eigenvalue weighted by molar-refractivity contribution is 7.90. The summed E-state index contributed by atoms with van der Waals surface area (Å²) in [6, 6.07) is 14.4. The number of anilines is 1. The predicted molar refractivity (Wildman–Crippen MR) is 132 cm³/mol. The second-order valence-corrected chi connectivity index (χ2v) is 12.4. The molecular weight excluding hydrogens is 460 g/mol. The molecule has 1 aliphatic rings. The first kappa shape index (κ1) is 21.3. The smallest absolute Gasteiger partial charge is 0.257 e. The van der Waals surface area contributed by atoms with Crippen LogP contribution >= 0.6 is 22.7 Å². The van der Waals surface area contributed by atoms with Crippen molar-refractivity contribution in [3.05, 3.63) is 64.5 Å². The van der Waals surface area contributed by atoms with E-state index in [0.717, 1.165) is 51.3 Å². The van der Waals surface area contributed by atoms with Gasteiger partial charge in [0.1, 0.15) is 10.0 Å². The van der Waals surface area contributed by atoms with Crippen LogP contribution in [0.1, 0.15) is 34.1 Å². The zero-order valence-corrected chi connectivity index (χ0v) is 20.2. The number of sulfone groups is 1. The number of nitrogens with one attached hydrogen (secondary N) is 1. The quantitative estimate of drug-likeness (QED) is 0.398. The summed E-state index contributed by atoms with van der Waals surface area (Å²) in [4.78, 5) is 19.4. The van der Waals surface area contributed by atoms with Crippen molar-refractivity contribution in [1.29, 1.82) is 0 Å². The molecule has 0 aliphatic heterocycles. The first-order chi connectivity index (χ1) is 15.3. The zero-order chi connectivity index (χ0) is 22.5. The molecular formula is C24H22N2O3S3. The van der Waals surface area contributed by atoms with Crippen molar-refractivity contribution in [2.24, 2.45) is 5.92 Å². The highest BCUT2D eigenvalue weighted by Gasteiger charge is 2.28. The predicted octanol–water partition coefficient (Wildman–Crippen LogP) is 5.81. The van der Waals surface area contributed by atoms with E-state index >= 15 is 0 Å². The van der Waals surface area contributed by atoms with Gasteiger partial charge in [0.05, 0.1) is 20.7 Å². The number of thiazole rings is 1. The van der Waals surface area contributed by atoms with Gasteiger partial charge in [0.25, 0.3) is 5.91 Å². The number of hydrogen-bond acceptors (Lipinski definition) is 6. The van der Waals surface area contributed by atoms with Crippen LogP contribution in [0.4, 0.5) is 5.00 Å². The minimum atomic E-state index is -3.53. The Balaban J connectivity index is 1.61. The highest BCUT2D eigenvalue weighted by Crippen LogP contribution is 2.47. The van der Waals surface area contributed by atoms with Gasteiger partial charge in [-0.25, -0.2) is 13.4 Å². The van der Waals surface area contributed by atoms with Crippen LogP contribution < -0.4 is 5.32 Å². The number of amides is 1. The molecule has 1 atom stereocenters. The van der Waals surface area contributed by atoms with Crippen LogP contribution in [-0.4, -0.2) is 25.6 Å². The molecule has 2 heterocycles. The van der Waals surface area contributed by atoms with E-state index in [1.807, 2.05) is 18.2 Å². The summed E-state index contributed by atoms with van der Waals surface area (Å²) < 4.78 is 25.5. The summed E-state index contributed by atoms with van der Waals surface area (Å²) in [5.74, 6) is 0.180. The number of benzene rings is 2. The molecule has 0 saturated carbocycles. The molecule has 0 spiro atoms. The molecule has 2 aromatic carbocycles. The molecule has 32 heavy (non-hydrogen) atoms. The molecule has 1 aliphatic carbocycles. The molecule has 4 aromatic rings. The van der Waals surface area contributed by atoms with Gasteiger partial charge in [-0.05, 0) is 55.0 Å². The summed E-state index contributed by atoms with van der Waals surface area (Å²) in [5, 5.41) is 4.68. The van der Waals surface area contributed by atoms with Crippen LogP contribution in [0.3, 0.4) is 0 Å². The van der Waals surface area contributed by atoms with Crippen molar-refractivity contribution >= 4 is 53.6 Å². The third-order valence-electron chi connectivity index (χ3n) is 5.78. The van der Waals surface area contributed by atoms with E-state index in [1.165, 1.54) is 16.5 Å². The van der Waals surface area contributed by atoms with Gasteiger partial charge >= 0.3 is 0 Å². The normalized spacial score (nSPS) is 16.1. The Labute approximate surface area is 195 Å². The summed E-state index contributed by atoms with van der Waals surface area (Å²) in [6.45, 7) is 2.25. The fraction of sp³-hybridized carbons (Fsp3) is 0.250. The monoisotopic (exact) mass is 482 g/mol. The maximum atomic E-state index is 13.2. The number of rotatable bonds is 4. The van der Waals surface area contributed by atoms with Crippen LogP contribution in [-0.2, 0) is 22.7 Å². The van der Waals surface area contributed by atoms with Crippen LogP contribution in [0.15, 0.2) is 53.4 Å². The maximum absolute atomic E-state index is 13.2. The number of nitrogens with zero attached hydrogens (tertiary/aromatic N) is 1. The van der Waals surface area contributed by atoms with Crippen LogP contribution in [0.2, 0.25) is 0 Å². The van der Waals surface area contributed by atoms with Gasteiger partial charge in [-0.15, -0.1) is 22.7 Å². The molecule has 0 radical (unpaired) electrons. The summed E-state index contributed by atoms with van der Waals surface area (Å²) in [6.07, 6.45) is 4.16. The molecule has 164 valence electrons. The van der Waals surface area contributed by atoms with Crippen molar-refractivity contribution in [3.8, 4) is 10.6 Å². The maximum Gasteiger partial charge on any atom is 0.257 e. The Morgan fingerprint density at radius 2 is 1.84 bits per heavy atom. The minimum Gasteiger partial charge on any atom is -0.313 e. The Morgan fingerprint density at radius 3 is 2.62 bits per heavy atom. The number of carbonyl (C=O) groups excluding carboxylic acids is 1. The SMILES string of the molecule is CC1CCc2c(sc(NC(=O)c3ccccc3S(C)(=O)=O)c2-c2nc3ccccc3s2)C1. The molecule has 1 amide bonds. The van der Waals surface area contributed by atoms with Crippen LogP contribution in [0.25, 0.3) is 20.8 Å². The standard InChI is InChI=1S/C24H22N2O3S3/c1-14-11-12-15-19(13-14)31-24(21(15)23-25-17-8-4-5-9-18(17)30-23)26-22(27)16-7-3-6-10-20(16)32(2,28)29/h3-10,14H,11-13H2,1-2H3,(H,26,27). The molecule has 1 N–H and O–H groups in total. The molecule has 5 nitrogen and oxygen atoms in total. The number of para-hydroxylation sites is 1.